The fraction of sp³-hybridized carbons (Fsp3) is 0.528. The number of aryl methyl sites for hydroxylation is 1. The summed E-state index contributed by atoms with van der Waals surface area (Å²) in [4.78, 5) is 66.7. The van der Waals surface area contributed by atoms with Crippen molar-refractivity contribution in [2.45, 2.75) is 83.0 Å². The monoisotopic (exact) mass is 678 g/mol. The van der Waals surface area contributed by atoms with Crippen molar-refractivity contribution in [1.29, 1.82) is 0 Å². The number of benzene rings is 2. The first-order valence-corrected chi connectivity index (χ1v) is 17.2. The Morgan fingerprint density at radius 2 is 1.65 bits per heavy atom. The van der Waals surface area contributed by atoms with Gasteiger partial charge in [0.25, 0.3) is 5.91 Å². The summed E-state index contributed by atoms with van der Waals surface area (Å²) in [5.74, 6) is -1.33. The summed E-state index contributed by atoms with van der Waals surface area (Å²) in [6, 6.07) is 11.5. The van der Waals surface area contributed by atoms with Crippen molar-refractivity contribution in [2.24, 2.45) is 5.92 Å². The summed E-state index contributed by atoms with van der Waals surface area (Å²) in [6.07, 6.45) is 3.50. The van der Waals surface area contributed by atoms with Gasteiger partial charge < -0.3 is 41.4 Å². The summed E-state index contributed by atoms with van der Waals surface area (Å²) < 4.78 is 11.2. The van der Waals surface area contributed by atoms with Crippen molar-refractivity contribution >= 4 is 29.5 Å². The molecule has 2 aliphatic rings. The molecular weight excluding hydrogens is 628 g/mol. The van der Waals surface area contributed by atoms with E-state index in [0.29, 0.717) is 50.3 Å². The fourth-order valence-corrected chi connectivity index (χ4v) is 5.90. The first-order valence-electron chi connectivity index (χ1n) is 17.2. The highest BCUT2D eigenvalue weighted by Gasteiger charge is 2.32. The lowest BCUT2D eigenvalue weighted by Gasteiger charge is -2.27. The van der Waals surface area contributed by atoms with E-state index in [9.17, 15) is 24.0 Å². The number of carbonyl (C=O) groups excluding carboxylic acids is 5. The Morgan fingerprint density at radius 3 is 2.37 bits per heavy atom. The summed E-state index contributed by atoms with van der Waals surface area (Å²) in [6.45, 7) is 4.77. The molecule has 0 aliphatic carbocycles. The largest absolute Gasteiger partial charge is 0.493 e. The Hall–Kier alpha value is -4.65. The second-order valence-corrected chi connectivity index (χ2v) is 12.9. The molecule has 6 N–H and O–H groups in total. The van der Waals surface area contributed by atoms with Crippen LogP contribution < -0.4 is 41.4 Å². The summed E-state index contributed by atoms with van der Waals surface area (Å²) in [5, 5.41) is 17.5. The van der Waals surface area contributed by atoms with Crippen LogP contribution >= 0.6 is 0 Å². The molecule has 49 heavy (non-hydrogen) atoms. The van der Waals surface area contributed by atoms with Crippen LogP contribution in [0.1, 0.15) is 57.1 Å². The van der Waals surface area contributed by atoms with Gasteiger partial charge in [-0.25, -0.2) is 0 Å². The molecule has 0 radical (unpaired) electrons. The van der Waals surface area contributed by atoms with E-state index in [0.717, 1.165) is 17.5 Å². The predicted octanol–water partition coefficient (Wildman–Crippen LogP) is 1.14. The summed E-state index contributed by atoms with van der Waals surface area (Å²) in [5.41, 5.74) is 1.76. The van der Waals surface area contributed by atoms with Gasteiger partial charge in [0.2, 0.25) is 23.6 Å². The van der Waals surface area contributed by atoms with Crippen molar-refractivity contribution in [3.63, 3.8) is 0 Å². The van der Waals surface area contributed by atoms with E-state index < -0.39 is 36.0 Å². The van der Waals surface area contributed by atoms with E-state index in [2.05, 4.69) is 31.9 Å². The van der Waals surface area contributed by atoms with Gasteiger partial charge in [-0.1, -0.05) is 50.2 Å². The van der Waals surface area contributed by atoms with Gasteiger partial charge in [-0.3, -0.25) is 24.0 Å². The summed E-state index contributed by atoms with van der Waals surface area (Å²) >= 11 is 0. The molecule has 4 atom stereocenters. The Bertz CT molecular complexity index is 1430. The smallest absolute Gasteiger partial charge is 0.257 e. The molecule has 13 heteroatoms. The maximum absolute atomic E-state index is 13.8. The topological polar surface area (TPSA) is 176 Å². The van der Waals surface area contributed by atoms with Gasteiger partial charge in [0.1, 0.15) is 18.1 Å². The number of ether oxygens (including phenoxy) is 2. The number of carbonyl (C=O) groups is 5. The molecule has 5 amide bonds. The molecule has 13 nitrogen and oxygen atoms in total. The van der Waals surface area contributed by atoms with Gasteiger partial charge in [-0.15, -0.1) is 0 Å². The lowest BCUT2D eigenvalue weighted by Crippen LogP contribution is -2.59. The van der Waals surface area contributed by atoms with E-state index in [1.54, 1.807) is 6.07 Å². The van der Waals surface area contributed by atoms with E-state index in [1.807, 2.05) is 56.3 Å². The zero-order valence-electron chi connectivity index (χ0n) is 28.6. The molecule has 2 aromatic rings. The van der Waals surface area contributed by atoms with Crippen LogP contribution in [0.5, 0.6) is 11.5 Å². The van der Waals surface area contributed by atoms with Crippen molar-refractivity contribution in [3.05, 3.63) is 59.7 Å². The third-order valence-electron chi connectivity index (χ3n) is 8.69. The Kier molecular flexibility index (Phi) is 14.2. The van der Waals surface area contributed by atoms with E-state index in [4.69, 9.17) is 9.47 Å². The number of rotatable bonds is 6. The van der Waals surface area contributed by atoms with Crippen molar-refractivity contribution < 1.29 is 33.4 Å². The van der Waals surface area contributed by atoms with Crippen LogP contribution in [0, 0.1) is 5.92 Å². The number of fused-ring (bicyclic) bond motifs is 2. The summed E-state index contributed by atoms with van der Waals surface area (Å²) in [7, 11) is 1.52. The molecule has 0 aromatic heterocycles. The minimum Gasteiger partial charge on any atom is -0.493 e. The number of methoxy groups -OCH3 is 1. The minimum atomic E-state index is -1.02. The fourth-order valence-electron chi connectivity index (χ4n) is 5.90. The quantitative estimate of drug-likeness (QED) is 0.264. The first-order chi connectivity index (χ1) is 23.6. The number of hydrogen-bond donors (Lipinski definition) is 6. The van der Waals surface area contributed by atoms with Crippen LogP contribution in [-0.2, 0) is 36.8 Å². The lowest BCUT2D eigenvalue weighted by molar-refractivity contribution is -0.134. The average molecular weight is 679 g/mol. The molecule has 1 fully saturated rings. The van der Waals surface area contributed by atoms with Crippen molar-refractivity contribution in [1.82, 2.24) is 31.9 Å². The molecule has 2 bridgehead atoms. The molecule has 2 aliphatic heterocycles. The van der Waals surface area contributed by atoms with Gasteiger partial charge in [-0.05, 0) is 74.2 Å². The maximum atomic E-state index is 13.8. The molecular formula is C36H50N6O7. The SMILES string of the molecule is COc1ccc2cc1OCC(=O)NCCCC(NC(=O)[C@@H]1CCCN1)C(=O)N[C@@H](Cc1ccccc1)C(=O)N[C@H](C(C)C)C(=O)NCCC2. The Labute approximate surface area is 288 Å². The molecule has 0 spiro atoms. The minimum absolute atomic E-state index is 0.176. The normalized spacial score (nSPS) is 23.4. The number of hydrogen-bond acceptors (Lipinski definition) is 8. The molecule has 1 unspecified atom stereocenters. The van der Waals surface area contributed by atoms with Gasteiger partial charge in [0.05, 0.1) is 13.2 Å². The van der Waals surface area contributed by atoms with Gasteiger partial charge >= 0.3 is 0 Å². The second kappa shape index (κ2) is 18.8. The standard InChI is InChI=1S/C36H50N6O7/c1-23(2)32-36(47)39-19-7-12-25-15-16-29(48-3)30(21-25)49-22-31(43)38-18-9-14-27(40-33(44)26-13-8-17-37-26)34(45)41-28(35(46)42-32)20-24-10-5-4-6-11-24/h4-6,10-11,15-16,21,23,26-28,32,37H,7-9,12-14,17-20,22H2,1-3H3,(H,38,43)(H,39,47)(H,40,44)(H,41,45)(H,42,46)/t26-,27?,28-,32+/m0/s1. The zero-order valence-corrected chi connectivity index (χ0v) is 28.6. The Morgan fingerprint density at radius 1 is 0.898 bits per heavy atom. The highest BCUT2D eigenvalue weighted by Crippen LogP contribution is 2.28. The predicted molar refractivity (Wildman–Crippen MR) is 184 cm³/mol. The zero-order chi connectivity index (χ0) is 35.2. The average Bonchev–Trinajstić information content (AvgIpc) is 3.64. The van der Waals surface area contributed by atoms with E-state index in [-0.39, 0.29) is 49.6 Å². The maximum Gasteiger partial charge on any atom is 0.257 e. The Balaban J connectivity index is 1.57. The van der Waals surface area contributed by atoms with Crippen LogP contribution in [0.2, 0.25) is 0 Å². The third-order valence-corrected chi connectivity index (χ3v) is 8.69. The number of nitrogens with one attached hydrogen (secondary N) is 6. The second-order valence-electron chi connectivity index (χ2n) is 12.9. The van der Waals surface area contributed by atoms with Crippen LogP contribution in [0.25, 0.3) is 0 Å². The molecule has 266 valence electrons. The molecule has 1 saturated heterocycles. The van der Waals surface area contributed by atoms with Crippen molar-refractivity contribution in [2.75, 3.05) is 33.4 Å². The molecule has 4 rings (SSSR count). The third kappa shape index (κ3) is 11.5. The van der Waals surface area contributed by atoms with Gasteiger partial charge in [0, 0.05) is 19.5 Å². The molecule has 2 aromatic carbocycles. The molecule has 0 saturated carbocycles. The highest BCUT2D eigenvalue weighted by atomic mass is 16.5. The van der Waals surface area contributed by atoms with Crippen LogP contribution in [-0.4, -0.2) is 87.1 Å². The lowest BCUT2D eigenvalue weighted by atomic mass is 10.00. The van der Waals surface area contributed by atoms with Crippen LogP contribution in [0.15, 0.2) is 48.5 Å². The van der Waals surface area contributed by atoms with E-state index >= 15 is 0 Å². The van der Waals surface area contributed by atoms with Crippen LogP contribution in [0.4, 0.5) is 0 Å². The first kappa shape index (κ1) is 37.2. The highest BCUT2D eigenvalue weighted by molar-refractivity contribution is 5.95. The van der Waals surface area contributed by atoms with Gasteiger partial charge in [-0.2, -0.15) is 0 Å². The molecule has 2 heterocycles. The number of amides is 5. The van der Waals surface area contributed by atoms with Crippen LogP contribution in [0.3, 0.4) is 0 Å². The van der Waals surface area contributed by atoms with E-state index in [1.165, 1.54) is 7.11 Å². The van der Waals surface area contributed by atoms with Gasteiger partial charge in [0.15, 0.2) is 18.1 Å². The van der Waals surface area contributed by atoms with Crippen molar-refractivity contribution in [3.8, 4) is 11.5 Å².